The van der Waals surface area contributed by atoms with E-state index in [1.165, 1.54) is 0 Å². The van der Waals surface area contributed by atoms with E-state index >= 15 is 0 Å². The van der Waals surface area contributed by atoms with Crippen LogP contribution in [0.5, 0.6) is 0 Å². The first-order chi connectivity index (χ1) is 19.4. The molecule has 3 N–H and O–H groups in total. The Morgan fingerprint density at radius 2 is 1.90 bits per heavy atom. The highest BCUT2D eigenvalue weighted by molar-refractivity contribution is 5.87. The molecule has 0 saturated carbocycles. The summed E-state index contributed by atoms with van der Waals surface area (Å²) in [5.41, 5.74) is 4.58. The first kappa shape index (κ1) is 27.7. The summed E-state index contributed by atoms with van der Waals surface area (Å²) in [6.45, 7) is 9.66. The first-order valence-electron chi connectivity index (χ1n) is 14.0. The summed E-state index contributed by atoms with van der Waals surface area (Å²) >= 11 is 0. The lowest BCUT2D eigenvalue weighted by molar-refractivity contribution is -0.123. The van der Waals surface area contributed by atoms with E-state index in [-0.39, 0.29) is 18.0 Å². The van der Waals surface area contributed by atoms with Gasteiger partial charge in [-0.2, -0.15) is 5.10 Å². The Labute approximate surface area is 235 Å². The quantitative estimate of drug-likeness (QED) is 0.248. The number of benzene rings is 1. The number of rotatable bonds is 11. The minimum Gasteiger partial charge on any atom is -0.374 e. The van der Waals surface area contributed by atoms with Gasteiger partial charge in [-0.05, 0) is 44.6 Å². The number of nitrogens with one attached hydrogen (secondary N) is 2. The van der Waals surface area contributed by atoms with Crippen molar-refractivity contribution in [3.05, 3.63) is 66.5 Å². The predicted octanol–water partition coefficient (Wildman–Crippen LogP) is 3.09. The summed E-state index contributed by atoms with van der Waals surface area (Å²) in [5, 5.41) is 21.8. The van der Waals surface area contributed by atoms with Gasteiger partial charge < -0.3 is 15.3 Å². The molecular formula is C30H38N8O2. The Kier molecular flexibility index (Phi) is 8.39. The molecule has 1 aromatic carbocycles. The zero-order chi connectivity index (χ0) is 28.2. The van der Waals surface area contributed by atoms with Crippen LogP contribution in [0.2, 0.25) is 0 Å². The van der Waals surface area contributed by atoms with Crippen LogP contribution in [0.4, 0.5) is 5.82 Å². The number of hydrogen-bond acceptors (Lipinski definition) is 8. The Hall–Kier alpha value is -3.86. The van der Waals surface area contributed by atoms with Crippen LogP contribution in [-0.2, 0) is 4.79 Å². The van der Waals surface area contributed by atoms with Crippen LogP contribution in [-0.4, -0.2) is 80.8 Å². The zero-order valence-electron chi connectivity index (χ0n) is 23.6. The Bertz CT molecular complexity index is 1450. The molecule has 1 aliphatic rings. The summed E-state index contributed by atoms with van der Waals surface area (Å²) in [6.07, 6.45) is 3.48. The van der Waals surface area contributed by atoms with Gasteiger partial charge in [0.25, 0.3) is 0 Å². The lowest BCUT2D eigenvalue weighted by atomic mass is 10.0. The number of pyridine rings is 1. The molecule has 0 aliphatic carbocycles. The zero-order valence-corrected chi connectivity index (χ0v) is 23.6. The van der Waals surface area contributed by atoms with E-state index in [2.05, 4.69) is 41.4 Å². The van der Waals surface area contributed by atoms with E-state index in [0.717, 1.165) is 36.3 Å². The van der Waals surface area contributed by atoms with Gasteiger partial charge >= 0.3 is 0 Å². The molecule has 1 unspecified atom stereocenters. The van der Waals surface area contributed by atoms with E-state index in [1.807, 2.05) is 59.6 Å². The molecule has 0 radical (unpaired) electrons. The lowest BCUT2D eigenvalue weighted by Crippen LogP contribution is -2.56. The van der Waals surface area contributed by atoms with Crippen LogP contribution >= 0.6 is 0 Å². The van der Waals surface area contributed by atoms with Gasteiger partial charge in [0, 0.05) is 43.5 Å². The molecule has 1 fully saturated rings. The van der Waals surface area contributed by atoms with Crippen molar-refractivity contribution in [2.45, 2.75) is 45.5 Å². The van der Waals surface area contributed by atoms with E-state index in [4.69, 9.17) is 9.97 Å². The van der Waals surface area contributed by atoms with E-state index < -0.39 is 6.23 Å². The highest BCUT2D eigenvalue weighted by Gasteiger charge is 2.35. The number of likely N-dealkylation sites (N-methyl/N-ethyl adjacent to an activating group) is 2. The number of nitrogens with zero attached hydrogens (tertiary/aromatic N) is 6. The molecule has 10 nitrogen and oxygen atoms in total. The van der Waals surface area contributed by atoms with Gasteiger partial charge in [-0.25, -0.2) is 14.5 Å². The summed E-state index contributed by atoms with van der Waals surface area (Å²) in [7, 11) is 1.65. The fraction of sp³-hybridized carbons (Fsp3) is 0.400. The number of hydrogen-bond donors (Lipinski definition) is 3. The SMILES string of the molecule is CCN(CC)[C@@H](C)CNC(O)c1cc(-c2cnn3ccc(-c4ccccc4)nc23)nc(N2CC[C@H]2C(=O)NC)c1. The summed E-state index contributed by atoms with van der Waals surface area (Å²) in [5.74, 6) is 0.598. The van der Waals surface area contributed by atoms with Crippen molar-refractivity contribution in [1.82, 2.24) is 35.1 Å². The lowest BCUT2D eigenvalue weighted by Gasteiger charge is -2.40. The fourth-order valence-corrected chi connectivity index (χ4v) is 5.28. The van der Waals surface area contributed by atoms with Crippen LogP contribution in [0.25, 0.3) is 28.2 Å². The molecule has 40 heavy (non-hydrogen) atoms. The van der Waals surface area contributed by atoms with Crippen molar-refractivity contribution < 1.29 is 9.90 Å². The Morgan fingerprint density at radius 1 is 1.12 bits per heavy atom. The molecule has 210 valence electrons. The van der Waals surface area contributed by atoms with Crippen molar-refractivity contribution in [3.63, 3.8) is 0 Å². The summed E-state index contributed by atoms with van der Waals surface area (Å²) in [4.78, 5) is 26.7. The average molecular weight is 543 g/mol. The normalized spacial score (nSPS) is 16.6. The van der Waals surface area contributed by atoms with Crippen LogP contribution in [0.3, 0.4) is 0 Å². The van der Waals surface area contributed by atoms with Gasteiger partial charge in [-0.3, -0.25) is 15.0 Å². The van der Waals surface area contributed by atoms with Gasteiger partial charge in [0.2, 0.25) is 5.91 Å². The number of aliphatic hydroxyl groups is 1. The second-order valence-corrected chi connectivity index (χ2v) is 10.1. The second kappa shape index (κ2) is 12.1. The van der Waals surface area contributed by atoms with Crippen LogP contribution < -0.4 is 15.5 Å². The first-order valence-corrected chi connectivity index (χ1v) is 14.0. The van der Waals surface area contributed by atoms with Gasteiger partial charge in [0.05, 0.1) is 23.1 Å². The van der Waals surface area contributed by atoms with Crippen LogP contribution in [0, 0.1) is 0 Å². The largest absolute Gasteiger partial charge is 0.374 e. The van der Waals surface area contributed by atoms with E-state index in [0.29, 0.717) is 35.8 Å². The number of carbonyl (C=O) groups excluding carboxylic acids is 1. The standard InChI is InChI=1S/C30H38N8O2/c1-5-36(6-2)20(3)18-32-29(39)22-16-25(34-27(17-22)37-14-13-26(37)30(40)31-4)23-19-33-38-15-12-24(35-28(23)38)21-10-8-7-9-11-21/h7-12,15-17,19-20,26,29,32,39H,5-6,13-14,18H2,1-4H3,(H,31,40)/t20-,26-,29?/m0/s1. The monoisotopic (exact) mass is 542 g/mol. The molecule has 1 aliphatic heterocycles. The molecule has 4 aromatic rings. The minimum atomic E-state index is -0.909. The number of aromatic nitrogens is 4. The van der Waals surface area contributed by atoms with Gasteiger partial charge in [-0.1, -0.05) is 44.2 Å². The third kappa shape index (κ3) is 5.56. The number of carbonyl (C=O) groups is 1. The smallest absolute Gasteiger partial charge is 0.242 e. The van der Waals surface area contributed by atoms with Gasteiger partial charge in [0.1, 0.15) is 18.1 Å². The van der Waals surface area contributed by atoms with Gasteiger partial charge in [-0.15, -0.1) is 0 Å². The average Bonchev–Trinajstić information content (AvgIpc) is 3.39. The second-order valence-electron chi connectivity index (χ2n) is 10.1. The highest BCUT2D eigenvalue weighted by Crippen LogP contribution is 2.32. The molecule has 1 saturated heterocycles. The molecule has 0 bridgehead atoms. The topological polar surface area (TPSA) is 111 Å². The summed E-state index contributed by atoms with van der Waals surface area (Å²) < 4.78 is 1.73. The van der Waals surface area contributed by atoms with Crippen molar-refractivity contribution >= 4 is 17.4 Å². The number of fused-ring (bicyclic) bond motifs is 1. The predicted molar refractivity (Wildman–Crippen MR) is 157 cm³/mol. The van der Waals surface area contributed by atoms with E-state index in [9.17, 15) is 9.90 Å². The maximum Gasteiger partial charge on any atom is 0.242 e. The molecular weight excluding hydrogens is 504 g/mol. The van der Waals surface area contributed by atoms with Crippen molar-refractivity contribution in [3.8, 4) is 22.5 Å². The third-order valence-corrected chi connectivity index (χ3v) is 7.77. The van der Waals surface area contributed by atoms with Gasteiger partial charge in [0.15, 0.2) is 5.65 Å². The Balaban J connectivity index is 1.53. The summed E-state index contributed by atoms with van der Waals surface area (Å²) in [6, 6.07) is 15.7. The molecule has 3 atom stereocenters. The van der Waals surface area contributed by atoms with Crippen molar-refractivity contribution in [1.29, 1.82) is 0 Å². The molecule has 3 aromatic heterocycles. The van der Waals surface area contributed by atoms with Crippen LogP contribution in [0.1, 0.15) is 39.0 Å². The van der Waals surface area contributed by atoms with Crippen molar-refractivity contribution in [2.24, 2.45) is 0 Å². The molecule has 10 heteroatoms. The molecule has 1 amide bonds. The number of anilines is 1. The third-order valence-electron chi connectivity index (χ3n) is 7.77. The highest BCUT2D eigenvalue weighted by atomic mass is 16.3. The van der Waals surface area contributed by atoms with Crippen LogP contribution in [0.15, 0.2) is 60.9 Å². The molecule has 0 spiro atoms. The Morgan fingerprint density at radius 3 is 2.58 bits per heavy atom. The maximum absolute atomic E-state index is 12.5. The van der Waals surface area contributed by atoms with E-state index in [1.54, 1.807) is 17.8 Å². The molecule has 4 heterocycles. The maximum atomic E-state index is 12.5. The number of aliphatic hydroxyl groups excluding tert-OH is 1. The fourth-order valence-electron chi connectivity index (χ4n) is 5.28. The van der Waals surface area contributed by atoms with Crippen molar-refractivity contribution in [2.75, 3.05) is 38.1 Å². The number of amides is 1. The minimum absolute atomic E-state index is 0.0446. The molecule has 5 rings (SSSR count).